The second-order valence-corrected chi connectivity index (χ2v) is 17.2. The molecular weight excluding hydrogens is 723 g/mol. The van der Waals surface area contributed by atoms with Crippen LogP contribution >= 0.6 is 0 Å². The van der Waals surface area contributed by atoms with Gasteiger partial charge in [-0.3, -0.25) is 0 Å². The summed E-state index contributed by atoms with van der Waals surface area (Å²) in [5, 5.41) is 7.68. The highest BCUT2D eigenvalue weighted by Gasteiger charge is 2.36. The van der Waals surface area contributed by atoms with Crippen LogP contribution < -0.4 is 4.90 Å². The standard InChI is InChI=1S/C59H43N/c1-59(2)57-26-14-13-25-54(57)55-32-29-44(37-58(55)59)60(43-28-31-53-51-23-10-9-21-49(51)50-22-11-12-24-52(50)56(53)36-43)42-27-30-48-41(35-42)34-40-17-5-7-19-46(40)45-18-6-3-15-38(45)33-39-16-4-8-20-47(39)48/h3-32,35-37H,33-34H2,1-2H3. The highest BCUT2D eigenvalue weighted by atomic mass is 15.1. The lowest BCUT2D eigenvalue weighted by molar-refractivity contribution is 0.660. The lowest BCUT2D eigenvalue weighted by Gasteiger charge is -2.30. The molecule has 0 amide bonds. The molecule has 0 radical (unpaired) electrons. The van der Waals surface area contributed by atoms with Gasteiger partial charge in [-0.25, -0.2) is 0 Å². The summed E-state index contributed by atoms with van der Waals surface area (Å²) < 4.78 is 0. The van der Waals surface area contributed by atoms with Crippen LogP contribution in [0.25, 0.3) is 65.7 Å². The first-order valence-corrected chi connectivity index (χ1v) is 21.3. The van der Waals surface area contributed by atoms with E-state index < -0.39 is 0 Å². The van der Waals surface area contributed by atoms with E-state index in [0.717, 1.165) is 29.9 Å². The number of anilines is 3. The van der Waals surface area contributed by atoms with Crippen molar-refractivity contribution >= 4 is 49.4 Å². The minimum absolute atomic E-state index is 0.126. The third-order valence-electron chi connectivity index (χ3n) is 13.6. The molecule has 12 rings (SSSR count). The minimum atomic E-state index is -0.126. The van der Waals surface area contributed by atoms with Crippen LogP contribution in [0.15, 0.2) is 200 Å². The van der Waals surface area contributed by atoms with E-state index in [0.29, 0.717) is 0 Å². The number of fused-ring (bicyclic) bond motifs is 15. The fraction of sp³-hybridized carbons (Fsp3) is 0.0847. The van der Waals surface area contributed by atoms with E-state index in [1.807, 2.05) is 0 Å². The maximum atomic E-state index is 2.51. The van der Waals surface area contributed by atoms with Crippen molar-refractivity contribution in [1.82, 2.24) is 0 Å². The molecule has 0 atom stereocenters. The number of rotatable bonds is 3. The van der Waals surface area contributed by atoms with Crippen LogP contribution in [0.1, 0.15) is 47.2 Å². The normalized spacial score (nSPS) is 13.5. The van der Waals surface area contributed by atoms with Crippen LogP contribution in [0.2, 0.25) is 0 Å². The van der Waals surface area contributed by atoms with Gasteiger partial charge in [-0.15, -0.1) is 0 Å². The number of benzene rings is 10. The van der Waals surface area contributed by atoms with E-state index >= 15 is 0 Å². The highest BCUT2D eigenvalue weighted by Crippen LogP contribution is 2.51. The van der Waals surface area contributed by atoms with Crippen molar-refractivity contribution < 1.29 is 0 Å². The van der Waals surface area contributed by atoms with E-state index in [1.54, 1.807) is 0 Å². The Bertz CT molecular complexity index is 3330. The summed E-state index contributed by atoms with van der Waals surface area (Å²) in [6.45, 7) is 4.76. The summed E-state index contributed by atoms with van der Waals surface area (Å²) in [7, 11) is 0. The zero-order valence-electron chi connectivity index (χ0n) is 33.9. The van der Waals surface area contributed by atoms with Gasteiger partial charge in [-0.1, -0.05) is 178 Å². The third-order valence-corrected chi connectivity index (χ3v) is 13.6. The Morgan fingerprint density at radius 2 is 0.683 bits per heavy atom. The second kappa shape index (κ2) is 13.4. The molecule has 2 aliphatic carbocycles. The molecule has 10 aromatic carbocycles. The van der Waals surface area contributed by atoms with Crippen LogP contribution in [-0.4, -0.2) is 0 Å². The molecule has 1 nitrogen and oxygen atoms in total. The summed E-state index contributed by atoms with van der Waals surface area (Å²) in [5.41, 5.74) is 19.4. The molecule has 0 spiro atoms. The fourth-order valence-corrected chi connectivity index (χ4v) is 10.7. The van der Waals surface area contributed by atoms with Gasteiger partial charge in [-0.2, -0.15) is 0 Å². The van der Waals surface area contributed by atoms with Crippen molar-refractivity contribution in [3.63, 3.8) is 0 Å². The van der Waals surface area contributed by atoms with Gasteiger partial charge in [0.2, 0.25) is 0 Å². The van der Waals surface area contributed by atoms with E-state index in [4.69, 9.17) is 0 Å². The van der Waals surface area contributed by atoms with Crippen molar-refractivity contribution in [2.45, 2.75) is 32.1 Å². The minimum Gasteiger partial charge on any atom is -0.310 e. The van der Waals surface area contributed by atoms with E-state index in [1.165, 1.54) is 99.1 Å². The highest BCUT2D eigenvalue weighted by molar-refractivity contribution is 6.25. The lowest BCUT2D eigenvalue weighted by atomic mass is 9.82. The topological polar surface area (TPSA) is 3.24 Å². The molecule has 0 heterocycles. The van der Waals surface area contributed by atoms with E-state index in [-0.39, 0.29) is 5.41 Å². The molecular formula is C59H43N. The summed E-state index contributed by atoms with van der Waals surface area (Å²) in [6, 6.07) is 75.2. The van der Waals surface area contributed by atoms with Crippen LogP contribution in [0.3, 0.4) is 0 Å². The van der Waals surface area contributed by atoms with Gasteiger partial charge < -0.3 is 4.90 Å². The Morgan fingerprint density at radius 1 is 0.300 bits per heavy atom. The second-order valence-electron chi connectivity index (χ2n) is 17.2. The summed E-state index contributed by atoms with van der Waals surface area (Å²) in [4.78, 5) is 2.51. The van der Waals surface area contributed by atoms with Crippen LogP contribution in [0.5, 0.6) is 0 Å². The Balaban J connectivity index is 1.11. The monoisotopic (exact) mass is 765 g/mol. The SMILES string of the molecule is CC1(C)c2ccccc2-c2ccc(N(c3ccc4c(c3)Cc3ccccc3-c3ccccc3Cc3ccccc3-4)c3ccc4c5ccccc5c5ccccc5c4c3)cc21. The quantitative estimate of drug-likeness (QED) is 0.162. The number of hydrogen-bond acceptors (Lipinski definition) is 1. The lowest BCUT2D eigenvalue weighted by Crippen LogP contribution is -2.16. The summed E-state index contributed by atoms with van der Waals surface area (Å²) >= 11 is 0. The Kier molecular flexibility index (Phi) is 7.78. The Morgan fingerprint density at radius 3 is 1.28 bits per heavy atom. The molecule has 60 heavy (non-hydrogen) atoms. The molecule has 0 aliphatic heterocycles. The first-order chi connectivity index (χ1) is 29.5. The van der Waals surface area contributed by atoms with E-state index in [9.17, 15) is 0 Å². The predicted octanol–water partition coefficient (Wildman–Crippen LogP) is 15.8. The molecule has 1 heteroatoms. The summed E-state index contributed by atoms with van der Waals surface area (Å²) in [6.07, 6.45) is 1.69. The maximum Gasteiger partial charge on any atom is 0.0468 e. The molecule has 0 saturated carbocycles. The number of nitrogens with zero attached hydrogens (tertiary/aromatic N) is 1. The number of hydrogen-bond donors (Lipinski definition) is 0. The van der Waals surface area contributed by atoms with Gasteiger partial charge in [0.1, 0.15) is 0 Å². The van der Waals surface area contributed by atoms with Crippen molar-refractivity contribution in [2.24, 2.45) is 0 Å². The van der Waals surface area contributed by atoms with Crippen molar-refractivity contribution in [2.75, 3.05) is 4.90 Å². The molecule has 284 valence electrons. The maximum absolute atomic E-state index is 2.51. The first-order valence-electron chi connectivity index (χ1n) is 21.3. The van der Waals surface area contributed by atoms with Gasteiger partial charge in [0, 0.05) is 22.5 Å². The first kappa shape index (κ1) is 34.8. The smallest absolute Gasteiger partial charge is 0.0468 e. The molecule has 0 unspecified atom stereocenters. The van der Waals surface area contributed by atoms with Crippen molar-refractivity contribution in [3.8, 4) is 33.4 Å². The molecule has 0 fully saturated rings. The van der Waals surface area contributed by atoms with Gasteiger partial charge in [0.05, 0.1) is 0 Å². The Hall–Kier alpha value is -7.22. The predicted molar refractivity (Wildman–Crippen MR) is 254 cm³/mol. The van der Waals surface area contributed by atoms with Crippen molar-refractivity contribution in [1.29, 1.82) is 0 Å². The van der Waals surface area contributed by atoms with Gasteiger partial charge in [-0.05, 0) is 148 Å². The van der Waals surface area contributed by atoms with Crippen LogP contribution in [0, 0.1) is 0 Å². The average Bonchev–Trinajstić information content (AvgIpc) is 3.52. The zero-order valence-corrected chi connectivity index (χ0v) is 33.9. The molecule has 2 aliphatic rings. The van der Waals surface area contributed by atoms with Gasteiger partial charge in [0.15, 0.2) is 0 Å². The third kappa shape index (κ3) is 5.32. The summed E-state index contributed by atoms with van der Waals surface area (Å²) in [5.74, 6) is 0. The van der Waals surface area contributed by atoms with Gasteiger partial charge >= 0.3 is 0 Å². The molecule has 0 bridgehead atoms. The van der Waals surface area contributed by atoms with Crippen LogP contribution in [0.4, 0.5) is 17.1 Å². The van der Waals surface area contributed by atoms with Crippen molar-refractivity contribution in [3.05, 3.63) is 234 Å². The Labute approximate surface area is 351 Å². The van der Waals surface area contributed by atoms with Gasteiger partial charge in [0.25, 0.3) is 0 Å². The van der Waals surface area contributed by atoms with E-state index in [2.05, 4.69) is 219 Å². The molecule has 0 aromatic heterocycles. The average molecular weight is 766 g/mol. The fourth-order valence-electron chi connectivity index (χ4n) is 10.7. The molecule has 0 saturated heterocycles. The largest absolute Gasteiger partial charge is 0.310 e. The zero-order chi connectivity index (χ0) is 40.0. The van der Waals surface area contributed by atoms with Crippen LogP contribution in [-0.2, 0) is 18.3 Å². The molecule has 10 aromatic rings. The molecule has 0 N–H and O–H groups in total.